The van der Waals surface area contributed by atoms with E-state index in [1.807, 2.05) is 43.0 Å². The number of nitrogens with zero attached hydrogens (tertiary/aromatic N) is 3. The fraction of sp³-hybridized carbons (Fsp3) is 0.476. The number of aromatic nitrogens is 2. The highest BCUT2D eigenvalue weighted by molar-refractivity contribution is 6.31. The smallest absolute Gasteiger partial charge is 0.241 e. The Labute approximate surface area is 176 Å². The predicted octanol–water partition coefficient (Wildman–Crippen LogP) is 2.51. The van der Waals surface area contributed by atoms with Crippen LogP contribution in [0, 0.1) is 13.8 Å². The van der Waals surface area contributed by atoms with Crippen molar-refractivity contribution in [3.05, 3.63) is 46.2 Å². The number of aryl methyl sites for hydroxylation is 1. The first-order chi connectivity index (χ1) is 13.9. The van der Waals surface area contributed by atoms with E-state index >= 15 is 0 Å². The van der Waals surface area contributed by atoms with Gasteiger partial charge in [-0.15, -0.1) is 0 Å². The van der Waals surface area contributed by atoms with E-state index in [-0.39, 0.29) is 24.4 Å². The van der Waals surface area contributed by atoms with Crippen molar-refractivity contribution < 1.29 is 14.3 Å². The van der Waals surface area contributed by atoms with E-state index in [4.69, 9.17) is 16.3 Å². The maximum Gasteiger partial charge on any atom is 0.241 e. The molecule has 1 aliphatic heterocycles. The lowest BCUT2D eigenvalue weighted by Gasteiger charge is -2.32. The van der Waals surface area contributed by atoms with Gasteiger partial charge in [0.1, 0.15) is 12.3 Å². The Bertz CT molecular complexity index is 888. The van der Waals surface area contributed by atoms with Crippen molar-refractivity contribution in [1.29, 1.82) is 0 Å². The van der Waals surface area contributed by atoms with Crippen LogP contribution < -0.4 is 10.1 Å². The number of benzene rings is 1. The lowest BCUT2D eigenvalue weighted by molar-refractivity contribution is -0.131. The van der Waals surface area contributed by atoms with Crippen molar-refractivity contribution in [2.45, 2.75) is 45.7 Å². The Balaban J connectivity index is 1.48. The Morgan fingerprint density at radius 2 is 1.93 bits per heavy atom. The van der Waals surface area contributed by atoms with E-state index < -0.39 is 0 Å². The summed E-state index contributed by atoms with van der Waals surface area (Å²) in [6.07, 6.45) is 1.79. The van der Waals surface area contributed by atoms with Gasteiger partial charge in [-0.05, 0) is 32.8 Å². The van der Waals surface area contributed by atoms with Crippen LogP contribution in [-0.2, 0) is 22.6 Å². The third-order valence-electron chi connectivity index (χ3n) is 5.33. The van der Waals surface area contributed by atoms with Crippen LogP contribution >= 0.6 is 11.6 Å². The molecule has 8 heteroatoms. The standard InChI is InChI=1S/C21H27ClN4O3/c1-14-21(22)15(2)26(24-14)13-19(27)23-17-8-10-25(11-9-17)20(28)12-16-6-4-5-7-18(16)29-3/h4-7,17H,8-13H2,1-3H3,(H,23,27). The molecule has 1 N–H and O–H groups in total. The molecule has 1 aromatic heterocycles. The van der Waals surface area contributed by atoms with E-state index in [0.29, 0.717) is 24.5 Å². The number of carbonyl (C=O) groups is 2. The number of carbonyl (C=O) groups excluding carboxylic acids is 2. The molecule has 1 saturated heterocycles. The molecular weight excluding hydrogens is 392 g/mol. The summed E-state index contributed by atoms with van der Waals surface area (Å²) in [6.45, 7) is 5.07. The van der Waals surface area contributed by atoms with Crippen molar-refractivity contribution in [2.24, 2.45) is 0 Å². The third kappa shape index (κ3) is 5.09. The lowest BCUT2D eigenvalue weighted by atomic mass is 10.0. The fourth-order valence-corrected chi connectivity index (χ4v) is 3.77. The van der Waals surface area contributed by atoms with Gasteiger partial charge in [0.2, 0.25) is 11.8 Å². The van der Waals surface area contributed by atoms with Gasteiger partial charge in [0.05, 0.1) is 29.9 Å². The highest BCUT2D eigenvalue weighted by atomic mass is 35.5. The Morgan fingerprint density at radius 1 is 1.24 bits per heavy atom. The molecule has 2 heterocycles. The fourth-order valence-electron chi connectivity index (χ4n) is 3.64. The van der Waals surface area contributed by atoms with Gasteiger partial charge in [-0.1, -0.05) is 29.8 Å². The van der Waals surface area contributed by atoms with Gasteiger partial charge < -0.3 is 15.0 Å². The molecule has 0 radical (unpaired) electrons. The largest absolute Gasteiger partial charge is 0.496 e. The van der Waals surface area contributed by atoms with Crippen LogP contribution in [0.5, 0.6) is 5.75 Å². The molecule has 3 rings (SSSR count). The quantitative estimate of drug-likeness (QED) is 0.782. The second kappa shape index (κ2) is 9.31. The number of likely N-dealkylation sites (tertiary alicyclic amines) is 1. The Hall–Kier alpha value is -2.54. The van der Waals surface area contributed by atoms with Gasteiger partial charge in [0.15, 0.2) is 0 Å². The Kier molecular flexibility index (Phi) is 6.79. The number of amides is 2. The molecule has 2 aromatic rings. The number of halogens is 1. The van der Waals surface area contributed by atoms with Crippen LogP contribution in [0.4, 0.5) is 0 Å². The number of rotatable bonds is 6. The van der Waals surface area contributed by atoms with Gasteiger partial charge in [0, 0.05) is 24.7 Å². The second-order valence-electron chi connectivity index (χ2n) is 7.35. The van der Waals surface area contributed by atoms with Gasteiger partial charge in [0.25, 0.3) is 0 Å². The maximum absolute atomic E-state index is 12.6. The summed E-state index contributed by atoms with van der Waals surface area (Å²) in [5.41, 5.74) is 2.40. The van der Waals surface area contributed by atoms with Gasteiger partial charge in [-0.25, -0.2) is 0 Å². The summed E-state index contributed by atoms with van der Waals surface area (Å²) < 4.78 is 6.95. The zero-order chi connectivity index (χ0) is 21.0. The van der Waals surface area contributed by atoms with Crippen LogP contribution in [0.2, 0.25) is 5.02 Å². The summed E-state index contributed by atoms with van der Waals surface area (Å²) >= 11 is 6.14. The zero-order valence-corrected chi connectivity index (χ0v) is 17.8. The average Bonchev–Trinajstić information content (AvgIpc) is 2.95. The minimum absolute atomic E-state index is 0.0604. The summed E-state index contributed by atoms with van der Waals surface area (Å²) in [5, 5.41) is 7.94. The molecule has 2 amide bonds. The normalized spacial score (nSPS) is 14.7. The molecule has 0 aliphatic carbocycles. The molecule has 1 aliphatic rings. The van der Waals surface area contributed by atoms with E-state index in [2.05, 4.69) is 10.4 Å². The monoisotopic (exact) mass is 418 g/mol. The molecule has 0 saturated carbocycles. The van der Waals surface area contributed by atoms with E-state index in [1.54, 1.807) is 11.8 Å². The lowest BCUT2D eigenvalue weighted by Crippen LogP contribution is -2.47. The van der Waals surface area contributed by atoms with Crippen LogP contribution in [0.3, 0.4) is 0 Å². The molecule has 7 nitrogen and oxygen atoms in total. The molecule has 1 aromatic carbocycles. The summed E-state index contributed by atoms with van der Waals surface area (Å²) in [6, 6.07) is 7.63. The van der Waals surface area contributed by atoms with Crippen LogP contribution in [0.15, 0.2) is 24.3 Å². The van der Waals surface area contributed by atoms with Crippen LogP contribution in [0.25, 0.3) is 0 Å². The van der Waals surface area contributed by atoms with Crippen LogP contribution in [0.1, 0.15) is 29.8 Å². The number of hydrogen-bond donors (Lipinski definition) is 1. The number of hydrogen-bond acceptors (Lipinski definition) is 4. The minimum atomic E-state index is -0.0916. The highest BCUT2D eigenvalue weighted by Crippen LogP contribution is 2.20. The van der Waals surface area contributed by atoms with Crippen molar-refractivity contribution in [3.63, 3.8) is 0 Å². The first-order valence-electron chi connectivity index (χ1n) is 9.77. The van der Waals surface area contributed by atoms with E-state index in [0.717, 1.165) is 35.5 Å². The summed E-state index contributed by atoms with van der Waals surface area (Å²) in [4.78, 5) is 26.9. The molecule has 0 unspecified atom stereocenters. The minimum Gasteiger partial charge on any atom is -0.496 e. The van der Waals surface area contributed by atoms with Crippen molar-refractivity contribution in [2.75, 3.05) is 20.2 Å². The number of piperidine rings is 1. The molecule has 156 valence electrons. The molecule has 29 heavy (non-hydrogen) atoms. The third-order valence-corrected chi connectivity index (χ3v) is 5.88. The highest BCUT2D eigenvalue weighted by Gasteiger charge is 2.25. The number of methoxy groups -OCH3 is 1. The Morgan fingerprint density at radius 3 is 2.55 bits per heavy atom. The summed E-state index contributed by atoms with van der Waals surface area (Å²) in [7, 11) is 1.61. The van der Waals surface area contributed by atoms with Gasteiger partial charge in [-0.2, -0.15) is 5.10 Å². The van der Waals surface area contributed by atoms with E-state index in [9.17, 15) is 9.59 Å². The number of para-hydroxylation sites is 1. The van der Waals surface area contributed by atoms with E-state index in [1.165, 1.54) is 0 Å². The van der Waals surface area contributed by atoms with Crippen molar-refractivity contribution >= 4 is 23.4 Å². The van der Waals surface area contributed by atoms with Crippen molar-refractivity contribution in [1.82, 2.24) is 20.0 Å². The first kappa shape index (κ1) is 21.2. The number of ether oxygens (including phenoxy) is 1. The van der Waals surface area contributed by atoms with Crippen molar-refractivity contribution in [3.8, 4) is 5.75 Å². The van der Waals surface area contributed by atoms with Gasteiger partial charge >= 0.3 is 0 Å². The maximum atomic E-state index is 12.6. The number of nitrogens with one attached hydrogen (secondary N) is 1. The summed E-state index contributed by atoms with van der Waals surface area (Å²) in [5.74, 6) is 0.717. The molecular formula is C21H27ClN4O3. The topological polar surface area (TPSA) is 76.5 Å². The SMILES string of the molecule is COc1ccccc1CC(=O)N1CCC(NC(=O)Cn2nc(C)c(Cl)c2C)CC1. The molecule has 0 atom stereocenters. The van der Waals surface area contributed by atoms with Crippen LogP contribution in [-0.4, -0.2) is 52.7 Å². The zero-order valence-electron chi connectivity index (χ0n) is 17.1. The average molecular weight is 419 g/mol. The molecule has 1 fully saturated rings. The molecule has 0 spiro atoms. The van der Waals surface area contributed by atoms with Gasteiger partial charge in [-0.3, -0.25) is 14.3 Å². The first-order valence-corrected chi connectivity index (χ1v) is 10.2. The molecule has 0 bridgehead atoms. The second-order valence-corrected chi connectivity index (χ2v) is 7.73. The predicted molar refractivity (Wildman–Crippen MR) is 111 cm³/mol.